The Labute approximate surface area is 114 Å². The SMILES string of the molecule is CCCNC(=O)C(C)NC(=O)C(N)CCS(C)(=O)=O. The van der Waals surface area contributed by atoms with Crippen LogP contribution in [0.25, 0.3) is 0 Å². The van der Waals surface area contributed by atoms with E-state index >= 15 is 0 Å². The van der Waals surface area contributed by atoms with E-state index in [0.717, 1.165) is 12.7 Å². The van der Waals surface area contributed by atoms with Crippen LogP contribution in [-0.4, -0.2) is 50.9 Å². The number of rotatable bonds is 8. The molecule has 0 aliphatic heterocycles. The maximum atomic E-state index is 11.6. The van der Waals surface area contributed by atoms with Gasteiger partial charge in [-0.05, 0) is 19.8 Å². The fourth-order valence-corrected chi connectivity index (χ4v) is 1.94. The van der Waals surface area contributed by atoms with Gasteiger partial charge >= 0.3 is 0 Å². The van der Waals surface area contributed by atoms with Crippen LogP contribution in [-0.2, 0) is 19.4 Å². The van der Waals surface area contributed by atoms with Gasteiger partial charge in [0.15, 0.2) is 0 Å². The Morgan fingerprint density at radius 2 is 1.84 bits per heavy atom. The molecular formula is C11H23N3O4S. The largest absolute Gasteiger partial charge is 0.354 e. The molecule has 2 atom stereocenters. The van der Waals surface area contributed by atoms with E-state index in [1.54, 1.807) is 6.92 Å². The lowest BCUT2D eigenvalue weighted by Gasteiger charge is -2.17. The first kappa shape index (κ1) is 17.8. The van der Waals surface area contributed by atoms with E-state index in [0.29, 0.717) is 6.54 Å². The van der Waals surface area contributed by atoms with Crippen LogP contribution in [0.1, 0.15) is 26.7 Å². The number of carbonyl (C=O) groups excluding carboxylic acids is 2. The Morgan fingerprint density at radius 3 is 2.32 bits per heavy atom. The molecule has 0 aromatic rings. The third-order valence-electron chi connectivity index (χ3n) is 2.44. The van der Waals surface area contributed by atoms with Gasteiger partial charge in [0.2, 0.25) is 11.8 Å². The van der Waals surface area contributed by atoms with Gasteiger partial charge in [0.1, 0.15) is 15.9 Å². The molecule has 2 amide bonds. The molecule has 0 bridgehead atoms. The summed E-state index contributed by atoms with van der Waals surface area (Å²) in [5, 5.41) is 5.10. The summed E-state index contributed by atoms with van der Waals surface area (Å²) in [6.07, 6.45) is 1.92. The second kappa shape index (κ2) is 8.11. The summed E-state index contributed by atoms with van der Waals surface area (Å²) in [5.41, 5.74) is 5.56. The van der Waals surface area contributed by atoms with Crippen molar-refractivity contribution in [1.82, 2.24) is 10.6 Å². The zero-order valence-electron chi connectivity index (χ0n) is 11.6. The van der Waals surface area contributed by atoms with E-state index in [1.807, 2.05) is 6.92 Å². The number of sulfone groups is 1. The summed E-state index contributed by atoms with van der Waals surface area (Å²) >= 11 is 0. The molecule has 0 saturated carbocycles. The topological polar surface area (TPSA) is 118 Å². The molecule has 0 heterocycles. The quantitative estimate of drug-likeness (QED) is 0.518. The summed E-state index contributed by atoms with van der Waals surface area (Å²) in [4.78, 5) is 23.2. The minimum atomic E-state index is -3.15. The lowest BCUT2D eigenvalue weighted by atomic mass is 10.2. The number of nitrogens with one attached hydrogen (secondary N) is 2. The Kier molecular flexibility index (Phi) is 7.62. The van der Waals surface area contributed by atoms with Crippen molar-refractivity contribution in [3.63, 3.8) is 0 Å². The molecule has 0 radical (unpaired) electrons. The van der Waals surface area contributed by atoms with Crippen LogP contribution in [0, 0.1) is 0 Å². The van der Waals surface area contributed by atoms with Gasteiger partial charge in [0.25, 0.3) is 0 Å². The summed E-state index contributed by atoms with van der Waals surface area (Å²) in [6.45, 7) is 4.01. The van der Waals surface area contributed by atoms with Gasteiger partial charge in [-0.25, -0.2) is 8.42 Å². The zero-order valence-corrected chi connectivity index (χ0v) is 12.4. The van der Waals surface area contributed by atoms with Gasteiger partial charge in [-0.1, -0.05) is 6.92 Å². The molecule has 8 heteroatoms. The van der Waals surface area contributed by atoms with Crippen molar-refractivity contribution >= 4 is 21.7 Å². The van der Waals surface area contributed by atoms with Crippen LogP contribution in [0.3, 0.4) is 0 Å². The fourth-order valence-electron chi connectivity index (χ4n) is 1.26. The molecule has 0 aliphatic carbocycles. The van der Waals surface area contributed by atoms with E-state index in [4.69, 9.17) is 5.73 Å². The molecule has 0 spiro atoms. The number of hydrogen-bond acceptors (Lipinski definition) is 5. The van der Waals surface area contributed by atoms with Crippen LogP contribution < -0.4 is 16.4 Å². The lowest BCUT2D eigenvalue weighted by Crippen LogP contribution is -2.50. The van der Waals surface area contributed by atoms with Gasteiger partial charge < -0.3 is 16.4 Å². The van der Waals surface area contributed by atoms with E-state index in [2.05, 4.69) is 10.6 Å². The van der Waals surface area contributed by atoms with Gasteiger partial charge in [-0.3, -0.25) is 9.59 Å². The normalized spacial score (nSPS) is 14.5. The molecule has 19 heavy (non-hydrogen) atoms. The maximum absolute atomic E-state index is 11.6. The molecule has 0 aromatic carbocycles. The average Bonchev–Trinajstić information content (AvgIpc) is 2.31. The van der Waals surface area contributed by atoms with E-state index in [9.17, 15) is 18.0 Å². The van der Waals surface area contributed by atoms with Crippen molar-refractivity contribution in [3.8, 4) is 0 Å². The third kappa shape index (κ3) is 8.55. The second-order valence-electron chi connectivity index (χ2n) is 4.55. The highest BCUT2D eigenvalue weighted by Gasteiger charge is 2.20. The first-order valence-electron chi connectivity index (χ1n) is 6.18. The van der Waals surface area contributed by atoms with Gasteiger partial charge in [-0.2, -0.15) is 0 Å². The predicted octanol–water partition coefficient (Wildman–Crippen LogP) is -1.22. The highest BCUT2D eigenvalue weighted by molar-refractivity contribution is 7.90. The van der Waals surface area contributed by atoms with Crippen molar-refractivity contribution in [1.29, 1.82) is 0 Å². The van der Waals surface area contributed by atoms with Gasteiger partial charge in [0, 0.05) is 12.8 Å². The van der Waals surface area contributed by atoms with Crippen molar-refractivity contribution in [2.24, 2.45) is 5.73 Å². The van der Waals surface area contributed by atoms with Crippen LogP contribution in [0.5, 0.6) is 0 Å². The Balaban J connectivity index is 4.17. The van der Waals surface area contributed by atoms with Gasteiger partial charge in [0.05, 0.1) is 11.8 Å². The Morgan fingerprint density at radius 1 is 1.26 bits per heavy atom. The van der Waals surface area contributed by atoms with Crippen LogP contribution in [0.4, 0.5) is 0 Å². The molecular weight excluding hydrogens is 270 g/mol. The molecule has 4 N–H and O–H groups in total. The summed E-state index contributed by atoms with van der Waals surface area (Å²) in [5.74, 6) is -0.967. The fraction of sp³-hybridized carbons (Fsp3) is 0.818. The van der Waals surface area contributed by atoms with Gasteiger partial charge in [-0.15, -0.1) is 0 Å². The smallest absolute Gasteiger partial charge is 0.242 e. The summed E-state index contributed by atoms with van der Waals surface area (Å²) < 4.78 is 21.9. The molecule has 0 aromatic heterocycles. The van der Waals surface area contributed by atoms with Crippen molar-refractivity contribution in [3.05, 3.63) is 0 Å². The highest BCUT2D eigenvalue weighted by atomic mass is 32.2. The monoisotopic (exact) mass is 293 g/mol. The second-order valence-corrected chi connectivity index (χ2v) is 6.81. The van der Waals surface area contributed by atoms with Crippen molar-refractivity contribution in [2.75, 3.05) is 18.6 Å². The first-order chi connectivity index (χ1) is 8.67. The molecule has 0 rings (SSSR count). The molecule has 112 valence electrons. The Hall–Kier alpha value is -1.15. The number of amides is 2. The maximum Gasteiger partial charge on any atom is 0.242 e. The zero-order chi connectivity index (χ0) is 15.1. The standard InChI is InChI=1S/C11H23N3O4S/c1-4-6-13-10(15)8(2)14-11(16)9(12)5-7-19(3,17)18/h8-9H,4-7,12H2,1-3H3,(H,13,15)(H,14,16). The van der Waals surface area contributed by atoms with Crippen LogP contribution in [0.2, 0.25) is 0 Å². The molecule has 0 fully saturated rings. The summed E-state index contributed by atoms with van der Waals surface area (Å²) in [7, 11) is -3.15. The molecule has 7 nitrogen and oxygen atoms in total. The molecule has 0 aliphatic rings. The number of hydrogen-bond donors (Lipinski definition) is 3. The van der Waals surface area contributed by atoms with Crippen molar-refractivity contribution < 1.29 is 18.0 Å². The average molecular weight is 293 g/mol. The van der Waals surface area contributed by atoms with E-state index in [-0.39, 0.29) is 18.1 Å². The first-order valence-corrected chi connectivity index (χ1v) is 8.24. The lowest BCUT2D eigenvalue weighted by molar-refractivity contribution is -0.129. The molecule has 2 unspecified atom stereocenters. The van der Waals surface area contributed by atoms with E-state index < -0.39 is 27.8 Å². The van der Waals surface area contributed by atoms with E-state index in [1.165, 1.54) is 0 Å². The van der Waals surface area contributed by atoms with Crippen molar-refractivity contribution in [2.45, 2.75) is 38.8 Å². The number of nitrogens with two attached hydrogens (primary N) is 1. The number of carbonyl (C=O) groups is 2. The minimum Gasteiger partial charge on any atom is -0.354 e. The Bertz CT molecular complexity index is 408. The summed E-state index contributed by atoms with van der Waals surface area (Å²) in [6, 6.07) is -1.63. The molecule has 0 saturated heterocycles. The minimum absolute atomic E-state index is 0.0357. The highest BCUT2D eigenvalue weighted by Crippen LogP contribution is 1.95. The van der Waals surface area contributed by atoms with Crippen LogP contribution >= 0.6 is 0 Å². The predicted molar refractivity (Wildman–Crippen MR) is 73.2 cm³/mol. The van der Waals surface area contributed by atoms with Crippen LogP contribution in [0.15, 0.2) is 0 Å². The third-order valence-corrected chi connectivity index (χ3v) is 3.41.